The van der Waals surface area contributed by atoms with Crippen molar-refractivity contribution in [2.24, 2.45) is 0 Å². The minimum atomic E-state index is -0.698. The summed E-state index contributed by atoms with van der Waals surface area (Å²) in [5.74, 6) is -1.43. The van der Waals surface area contributed by atoms with Crippen molar-refractivity contribution >= 4 is 35.6 Å². The first-order chi connectivity index (χ1) is 12.0. The number of nitrogens with one attached hydrogen (secondary N) is 2. The maximum absolute atomic E-state index is 12.6. The average molecular weight is 343 g/mol. The summed E-state index contributed by atoms with van der Waals surface area (Å²) in [6.45, 7) is 0.185. The Hall–Kier alpha value is -3.03. The molecule has 1 atom stereocenters. The van der Waals surface area contributed by atoms with Gasteiger partial charge in [0.2, 0.25) is 17.7 Å². The molecule has 1 saturated heterocycles. The number of carbonyl (C=O) groups excluding carboxylic acids is 5. The molecular weight excluding hydrogens is 326 g/mol. The lowest BCUT2D eigenvalue weighted by molar-refractivity contribution is -0.137. The van der Waals surface area contributed by atoms with Crippen LogP contribution < -0.4 is 10.6 Å². The summed E-state index contributed by atoms with van der Waals surface area (Å²) >= 11 is 0. The molecule has 0 radical (unpaired) electrons. The number of rotatable bonds is 5. The molecule has 1 unspecified atom stereocenters. The summed E-state index contributed by atoms with van der Waals surface area (Å²) in [6, 6.07) is 4.28. The fourth-order valence-electron chi connectivity index (χ4n) is 3.11. The second-order valence-electron chi connectivity index (χ2n) is 5.99. The average Bonchev–Trinajstić information content (AvgIpc) is 2.91. The fourth-order valence-corrected chi connectivity index (χ4v) is 3.11. The number of hydrogen-bond acceptors (Lipinski definition) is 5. The van der Waals surface area contributed by atoms with Gasteiger partial charge in [-0.05, 0) is 18.6 Å². The van der Waals surface area contributed by atoms with Crippen LogP contribution in [0.4, 0.5) is 5.69 Å². The first-order valence-corrected chi connectivity index (χ1v) is 8.01. The van der Waals surface area contributed by atoms with Gasteiger partial charge in [0.05, 0.1) is 0 Å². The zero-order valence-corrected chi connectivity index (χ0v) is 13.4. The van der Waals surface area contributed by atoms with Gasteiger partial charge in [0, 0.05) is 42.6 Å². The Balaban J connectivity index is 1.80. The van der Waals surface area contributed by atoms with Crippen LogP contribution in [-0.2, 0) is 25.7 Å². The van der Waals surface area contributed by atoms with Crippen molar-refractivity contribution in [3.05, 3.63) is 29.3 Å². The van der Waals surface area contributed by atoms with Crippen LogP contribution in [-0.4, -0.2) is 40.9 Å². The summed E-state index contributed by atoms with van der Waals surface area (Å²) in [5, 5.41) is 4.96. The van der Waals surface area contributed by atoms with E-state index >= 15 is 0 Å². The highest BCUT2D eigenvalue weighted by atomic mass is 16.2. The standard InChI is InChI=1S/C17H17N3O5/c21-8-2-5-14(22)18-12-4-1-3-10-11(12)9-20(17(10)25)13-6-7-15(23)19-16(13)24/h1,3-4,8,13H,2,5-7,9H2,(H,18,22)(H,19,23,24). The van der Waals surface area contributed by atoms with E-state index < -0.39 is 11.9 Å². The van der Waals surface area contributed by atoms with Crippen molar-refractivity contribution < 1.29 is 24.0 Å². The minimum absolute atomic E-state index is 0.0674. The van der Waals surface area contributed by atoms with Gasteiger partial charge in [0.1, 0.15) is 12.3 Å². The van der Waals surface area contributed by atoms with E-state index in [-0.39, 0.29) is 49.9 Å². The van der Waals surface area contributed by atoms with Crippen LogP contribution in [0.5, 0.6) is 0 Å². The lowest BCUT2D eigenvalue weighted by atomic mass is 10.0. The van der Waals surface area contributed by atoms with E-state index in [0.717, 1.165) is 0 Å². The van der Waals surface area contributed by atoms with Crippen molar-refractivity contribution in [2.45, 2.75) is 38.3 Å². The van der Waals surface area contributed by atoms with Crippen LogP contribution in [0, 0.1) is 0 Å². The molecule has 1 aromatic carbocycles. The number of piperidine rings is 1. The molecule has 1 fully saturated rings. The van der Waals surface area contributed by atoms with Crippen molar-refractivity contribution in [3.63, 3.8) is 0 Å². The molecule has 130 valence electrons. The van der Waals surface area contributed by atoms with Gasteiger partial charge in [0.25, 0.3) is 5.91 Å². The normalized spacial score (nSPS) is 19.4. The topological polar surface area (TPSA) is 113 Å². The Bertz CT molecular complexity index is 774. The summed E-state index contributed by atoms with van der Waals surface area (Å²) < 4.78 is 0. The molecule has 0 saturated carbocycles. The fraction of sp³-hybridized carbons (Fsp3) is 0.353. The molecule has 8 heteroatoms. The predicted molar refractivity (Wildman–Crippen MR) is 86.4 cm³/mol. The zero-order chi connectivity index (χ0) is 18.0. The number of fused-ring (bicyclic) bond motifs is 1. The highest BCUT2D eigenvalue weighted by Gasteiger charge is 2.39. The third kappa shape index (κ3) is 3.28. The van der Waals surface area contributed by atoms with Crippen LogP contribution in [0.15, 0.2) is 18.2 Å². The summed E-state index contributed by atoms with van der Waals surface area (Å²) in [7, 11) is 0. The Kier molecular flexibility index (Phi) is 4.60. The highest BCUT2D eigenvalue weighted by Crippen LogP contribution is 2.32. The predicted octanol–water partition coefficient (Wildman–Crippen LogP) is 0.365. The molecular formula is C17H17N3O5. The van der Waals surface area contributed by atoms with Gasteiger partial charge in [-0.3, -0.25) is 24.5 Å². The number of aldehydes is 1. The van der Waals surface area contributed by atoms with Crippen LogP contribution in [0.2, 0.25) is 0 Å². The second kappa shape index (κ2) is 6.84. The SMILES string of the molecule is O=CCCC(=O)Nc1cccc2c1CN(C1CCC(=O)NC1=O)C2=O. The number of nitrogens with zero attached hydrogens (tertiary/aromatic N) is 1. The molecule has 0 bridgehead atoms. The van der Waals surface area contributed by atoms with Crippen molar-refractivity contribution in [3.8, 4) is 0 Å². The first kappa shape index (κ1) is 16.8. The first-order valence-electron chi connectivity index (χ1n) is 8.01. The Labute approximate surface area is 143 Å². The van der Waals surface area contributed by atoms with Gasteiger partial charge >= 0.3 is 0 Å². The van der Waals surface area contributed by atoms with E-state index in [4.69, 9.17) is 0 Å². The minimum Gasteiger partial charge on any atom is -0.326 e. The van der Waals surface area contributed by atoms with Gasteiger partial charge in [-0.1, -0.05) is 6.07 Å². The summed E-state index contributed by atoms with van der Waals surface area (Å²) in [6.07, 6.45) is 1.33. The van der Waals surface area contributed by atoms with Crippen molar-refractivity contribution in [2.75, 3.05) is 5.32 Å². The number of imide groups is 1. The van der Waals surface area contributed by atoms with E-state index in [0.29, 0.717) is 23.1 Å². The number of benzene rings is 1. The quantitative estimate of drug-likeness (QED) is 0.592. The van der Waals surface area contributed by atoms with E-state index in [1.54, 1.807) is 18.2 Å². The van der Waals surface area contributed by atoms with E-state index in [1.165, 1.54) is 4.90 Å². The van der Waals surface area contributed by atoms with Crippen molar-refractivity contribution in [1.82, 2.24) is 10.2 Å². The molecule has 2 aliphatic rings. The monoisotopic (exact) mass is 343 g/mol. The molecule has 2 aliphatic heterocycles. The van der Waals surface area contributed by atoms with Crippen molar-refractivity contribution in [1.29, 1.82) is 0 Å². The molecule has 1 aromatic rings. The Morgan fingerprint density at radius 2 is 2.12 bits per heavy atom. The van der Waals surface area contributed by atoms with Crippen LogP contribution >= 0.6 is 0 Å². The third-order valence-electron chi connectivity index (χ3n) is 4.35. The Morgan fingerprint density at radius 3 is 2.84 bits per heavy atom. The highest BCUT2D eigenvalue weighted by molar-refractivity contribution is 6.06. The van der Waals surface area contributed by atoms with E-state index in [9.17, 15) is 24.0 Å². The molecule has 8 nitrogen and oxygen atoms in total. The molecule has 2 N–H and O–H groups in total. The lowest BCUT2D eigenvalue weighted by Crippen LogP contribution is -2.52. The molecule has 3 rings (SSSR count). The number of hydrogen-bond donors (Lipinski definition) is 2. The molecule has 4 amide bonds. The van der Waals surface area contributed by atoms with Gasteiger partial charge in [-0.15, -0.1) is 0 Å². The maximum Gasteiger partial charge on any atom is 0.255 e. The van der Waals surface area contributed by atoms with Gasteiger partial charge in [0.15, 0.2) is 0 Å². The van der Waals surface area contributed by atoms with Gasteiger partial charge in [-0.2, -0.15) is 0 Å². The van der Waals surface area contributed by atoms with E-state index in [2.05, 4.69) is 10.6 Å². The Morgan fingerprint density at radius 1 is 1.32 bits per heavy atom. The lowest BCUT2D eigenvalue weighted by Gasteiger charge is -2.29. The molecule has 25 heavy (non-hydrogen) atoms. The molecule has 0 aromatic heterocycles. The van der Waals surface area contributed by atoms with Gasteiger partial charge in [-0.25, -0.2) is 0 Å². The molecule has 2 heterocycles. The number of anilines is 1. The van der Waals surface area contributed by atoms with E-state index in [1.807, 2.05) is 0 Å². The molecule has 0 spiro atoms. The van der Waals surface area contributed by atoms with Crippen LogP contribution in [0.25, 0.3) is 0 Å². The van der Waals surface area contributed by atoms with Gasteiger partial charge < -0.3 is 15.0 Å². The summed E-state index contributed by atoms with van der Waals surface area (Å²) in [5.41, 5.74) is 1.56. The smallest absolute Gasteiger partial charge is 0.255 e. The summed E-state index contributed by atoms with van der Waals surface area (Å²) in [4.78, 5) is 59.6. The second-order valence-corrected chi connectivity index (χ2v) is 5.99. The maximum atomic E-state index is 12.6. The molecule has 0 aliphatic carbocycles. The number of amides is 4. The van der Waals surface area contributed by atoms with Crippen LogP contribution in [0.1, 0.15) is 41.6 Å². The zero-order valence-electron chi connectivity index (χ0n) is 13.4. The largest absolute Gasteiger partial charge is 0.326 e. The van der Waals surface area contributed by atoms with Crippen LogP contribution in [0.3, 0.4) is 0 Å². The number of carbonyl (C=O) groups is 5. The third-order valence-corrected chi connectivity index (χ3v) is 4.35.